The summed E-state index contributed by atoms with van der Waals surface area (Å²) in [6.07, 6.45) is 0. The summed E-state index contributed by atoms with van der Waals surface area (Å²) >= 11 is 1.68. The molecule has 0 spiro atoms. The van der Waals surface area contributed by atoms with E-state index in [-0.39, 0.29) is 23.9 Å². The molecule has 0 aliphatic rings. The first-order chi connectivity index (χ1) is 10.4. The van der Waals surface area contributed by atoms with Crippen LogP contribution in [0.25, 0.3) is 0 Å². The molecule has 0 radical (unpaired) electrons. The second kappa shape index (κ2) is 8.75. The van der Waals surface area contributed by atoms with E-state index >= 15 is 0 Å². The monoisotopic (exact) mass is 326 g/mol. The van der Waals surface area contributed by atoms with Crippen molar-refractivity contribution in [2.24, 2.45) is 5.92 Å². The molecule has 2 atom stereocenters. The van der Waals surface area contributed by atoms with E-state index in [0.29, 0.717) is 13.1 Å². The van der Waals surface area contributed by atoms with Gasteiger partial charge in [-0.05, 0) is 25.5 Å². The largest absolute Gasteiger partial charge is 0.359 e. The van der Waals surface area contributed by atoms with Gasteiger partial charge in [0.25, 0.3) is 0 Å². The number of carbonyl (C=O) groups excluding carboxylic acids is 2. The van der Waals surface area contributed by atoms with Crippen molar-refractivity contribution in [2.45, 2.75) is 13.0 Å². The molecule has 0 aliphatic carbocycles. The summed E-state index contributed by atoms with van der Waals surface area (Å²) in [5, 5.41) is 7.56. The molecule has 1 aromatic heterocycles. The fraction of sp³-hybridized carbons (Fsp3) is 0.600. The molecular formula is C15H26N4O2S. The molecule has 6 nitrogen and oxygen atoms in total. The molecule has 2 N–H and O–H groups in total. The highest BCUT2D eigenvalue weighted by Crippen LogP contribution is 2.22. The average Bonchev–Trinajstić information content (AvgIpc) is 2.99. The number of hydrogen-bond donors (Lipinski definition) is 2. The van der Waals surface area contributed by atoms with E-state index in [9.17, 15) is 9.59 Å². The van der Waals surface area contributed by atoms with Gasteiger partial charge in [-0.15, -0.1) is 11.3 Å². The second-order valence-electron chi connectivity index (χ2n) is 5.58. The van der Waals surface area contributed by atoms with Crippen molar-refractivity contribution in [1.82, 2.24) is 20.4 Å². The van der Waals surface area contributed by atoms with E-state index < -0.39 is 0 Å². The molecule has 0 aromatic carbocycles. The van der Waals surface area contributed by atoms with E-state index in [2.05, 4.69) is 21.6 Å². The van der Waals surface area contributed by atoms with Crippen LogP contribution >= 0.6 is 11.3 Å². The molecular weight excluding hydrogens is 300 g/mol. The number of nitrogens with one attached hydrogen (secondary N) is 2. The highest BCUT2D eigenvalue weighted by atomic mass is 32.1. The minimum absolute atomic E-state index is 0.0654. The van der Waals surface area contributed by atoms with Gasteiger partial charge < -0.3 is 20.4 Å². The van der Waals surface area contributed by atoms with Crippen molar-refractivity contribution in [3.8, 4) is 0 Å². The summed E-state index contributed by atoms with van der Waals surface area (Å²) in [6, 6.07) is 4.06. The average molecular weight is 326 g/mol. The minimum Gasteiger partial charge on any atom is -0.359 e. The van der Waals surface area contributed by atoms with Crippen LogP contribution in [-0.4, -0.2) is 63.0 Å². The highest BCUT2D eigenvalue weighted by Gasteiger charge is 2.20. The maximum Gasteiger partial charge on any atom is 0.317 e. The number of hydrogen-bond acceptors (Lipinski definition) is 4. The standard InChI is InChI=1S/C15H26N4O2S/c1-11(14(20)16-2)10-19(5)15(21)17-9-12(18(3)4)13-7-6-8-22-13/h6-8,11-12H,9-10H2,1-5H3,(H,16,20)(H,17,21)/t11-,12+/m0/s1. The quantitative estimate of drug-likeness (QED) is 0.795. The Kier molecular flexibility index (Phi) is 7.34. The molecule has 0 bridgehead atoms. The van der Waals surface area contributed by atoms with E-state index in [1.165, 1.54) is 4.88 Å². The molecule has 1 aromatic rings. The van der Waals surface area contributed by atoms with Crippen LogP contribution in [-0.2, 0) is 4.79 Å². The predicted octanol–water partition coefficient (Wildman–Crippen LogP) is 1.37. The van der Waals surface area contributed by atoms with Crippen molar-refractivity contribution in [3.05, 3.63) is 22.4 Å². The zero-order valence-corrected chi connectivity index (χ0v) is 14.7. The zero-order valence-electron chi connectivity index (χ0n) is 13.9. The first kappa shape index (κ1) is 18.4. The topological polar surface area (TPSA) is 64.7 Å². The predicted molar refractivity (Wildman–Crippen MR) is 90.0 cm³/mol. The van der Waals surface area contributed by atoms with Crippen LogP contribution in [0.4, 0.5) is 4.79 Å². The Morgan fingerprint density at radius 1 is 1.32 bits per heavy atom. The van der Waals surface area contributed by atoms with E-state index in [1.54, 1.807) is 37.3 Å². The Morgan fingerprint density at radius 3 is 2.50 bits per heavy atom. The Morgan fingerprint density at radius 2 is 2.00 bits per heavy atom. The van der Waals surface area contributed by atoms with Crippen molar-refractivity contribution >= 4 is 23.3 Å². The smallest absolute Gasteiger partial charge is 0.317 e. The number of amides is 3. The Bertz CT molecular complexity index is 476. The molecule has 0 fully saturated rings. The van der Waals surface area contributed by atoms with E-state index in [0.717, 1.165) is 0 Å². The maximum atomic E-state index is 12.2. The molecule has 0 aliphatic heterocycles. The molecule has 1 rings (SSSR count). The summed E-state index contributed by atoms with van der Waals surface area (Å²) in [5.74, 6) is -0.299. The molecule has 1 heterocycles. The lowest BCUT2D eigenvalue weighted by atomic mass is 10.1. The lowest BCUT2D eigenvalue weighted by molar-refractivity contribution is -0.124. The van der Waals surface area contributed by atoms with Gasteiger partial charge in [0.1, 0.15) is 0 Å². The second-order valence-corrected chi connectivity index (χ2v) is 6.56. The van der Waals surface area contributed by atoms with Gasteiger partial charge >= 0.3 is 6.03 Å². The zero-order chi connectivity index (χ0) is 16.7. The van der Waals surface area contributed by atoms with Crippen molar-refractivity contribution in [3.63, 3.8) is 0 Å². The lowest BCUT2D eigenvalue weighted by Crippen LogP contribution is -2.44. The first-order valence-corrected chi connectivity index (χ1v) is 8.15. The van der Waals surface area contributed by atoms with Crippen LogP contribution < -0.4 is 10.6 Å². The number of likely N-dealkylation sites (N-methyl/N-ethyl adjacent to an activating group) is 1. The van der Waals surface area contributed by atoms with Gasteiger partial charge in [-0.25, -0.2) is 4.79 Å². The Balaban J connectivity index is 2.51. The van der Waals surface area contributed by atoms with Crippen molar-refractivity contribution in [1.29, 1.82) is 0 Å². The van der Waals surface area contributed by atoms with Gasteiger partial charge in [-0.2, -0.15) is 0 Å². The summed E-state index contributed by atoms with van der Waals surface area (Å²) in [6.45, 7) is 2.72. The SMILES string of the molecule is CNC(=O)[C@@H](C)CN(C)C(=O)NC[C@H](c1cccs1)N(C)C. The summed E-state index contributed by atoms with van der Waals surface area (Å²) in [5.41, 5.74) is 0. The minimum atomic E-state index is -0.234. The third kappa shape index (κ3) is 5.31. The van der Waals surface area contributed by atoms with Crippen LogP contribution in [0.5, 0.6) is 0 Å². The summed E-state index contributed by atoms with van der Waals surface area (Å²) in [7, 11) is 7.29. The molecule has 0 saturated heterocycles. The number of urea groups is 1. The van der Waals surface area contributed by atoms with Crippen LogP contribution in [0, 0.1) is 5.92 Å². The van der Waals surface area contributed by atoms with Crippen LogP contribution in [0.2, 0.25) is 0 Å². The summed E-state index contributed by atoms with van der Waals surface area (Å²) < 4.78 is 0. The number of rotatable bonds is 7. The highest BCUT2D eigenvalue weighted by molar-refractivity contribution is 7.10. The normalized spacial score (nSPS) is 13.5. The molecule has 22 heavy (non-hydrogen) atoms. The van der Waals surface area contributed by atoms with E-state index in [4.69, 9.17) is 0 Å². The third-order valence-electron chi connectivity index (χ3n) is 3.53. The van der Waals surface area contributed by atoms with Gasteiger partial charge in [0.15, 0.2) is 0 Å². The Labute approximate surface area is 136 Å². The molecule has 3 amide bonds. The fourth-order valence-corrected chi connectivity index (χ4v) is 3.08. The maximum absolute atomic E-state index is 12.2. The van der Waals surface area contributed by atoms with Gasteiger partial charge in [0, 0.05) is 32.1 Å². The number of thiophene rings is 1. The van der Waals surface area contributed by atoms with Crippen molar-refractivity contribution in [2.75, 3.05) is 41.3 Å². The number of nitrogens with zero attached hydrogens (tertiary/aromatic N) is 2. The molecule has 0 unspecified atom stereocenters. The van der Waals surface area contributed by atoms with Crippen LogP contribution in [0.15, 0.2) is 17.5 Å². The van der Waals surface area contributed by atoms with Gasteiger partial charge in [-0.1, -0.05) is 13.0 Å². The molecule has 0 saturated carbocycles. The molecule has 124 valence electrons. The fourth-order valence-electron chi connectivity index (χ4n) is 2.16. The third-order valence-corrected chi connectivity index (χ3v) is 4.50. The van der Waals surface area contributed by atoms with Crippen LogP contribution in [0.1, 0.15) is 17.8 Å². The van der Waals surface area contributed by atoms with Gasteiger partial charge in [0.05, 0.1) is 12.0 Å². The first-order valence-electron chi connectivity index (χ1n) is 7.27. The number of carbonyl (C=O) groups is 2. The van der Waals surface area contributed by atoms with Crippen LogP contribution in [0.3, 0.4) is 0 Å². The van der Waals surface area contributed by atoms with Crippen molar-refractivity contribution < 1.29 is 9.59 Å². The summed E-state index contributed by atoms with van der Waals surface area (Å²) in [4.78, 5) is 28.5. The Hall–Kier alpha value is -1.60. The van der Waals surface area contributed by atoms with Gasteiger partial charge in [-0.3, -0.25) is 4.79 Å². The lowest BCUT2D eigenvalue weighted by Gasteiger charge is -2.26. The van der Waals surface area contributed by atoms with E-state index in [1.807, 2.05) is 25.5 Å². The molecule has 7 heteroatoms. The van der Waals surface area contributed by atoms with Gasteiger partial charge in [0.2, 0.25) is 5.91 Å².